The summed E-state index contributed by atoms with van der Waals surface area (Å²) in [5.41, 5.74) is 0.536. The molecule has 0 bridgehead atoms. The molecule has 0 aliphatic carbocycles. The van der Waals surface area contributed by atoms with Crippen molar-refractivity contribution in [3.05, 3.63) is 59.2 Å². The summed E-state index contributed by atoms with van der Waals surface area (Å²) in [7, 11) is 0. The number of aryl methyl sites for hydroxylation is 1. The first kappa shape index (κ1) is 19.9. The Bertz CT molecular complexity index is 727. The van der Waals surface area contributed by atoms with Crippen molar-refractivity contribution in [1.29, 1.82) is 0 Å². The Morgan fingerprint density at radius 2 is 1.65 bits per heavy atom. The third kappa shape index (κ3) is 5.28. The molecule has 0 spiro atoms. The quantitative estimate of drug-likeness (QED) is 0.326. The van der Waals surface area contributed by atoms with E-state index in [0.717, 1.165) is 25.7 Å². The molecule has 0 aliphatic rings. The second-order valence-corrected chi connectivity index (χ2v) is 6.07. The number of benzene rings is 2. The van der Waals surface area contributed by atoms with Gasteiger partial charge in [0.2, 0.25) is 5.82 Å². The molecule has 2 aromatic rings. The number of esters is 1. The van der Waals surface area contributed by atoms with Crippen LogP contribution >= 0.6 is 0 Å². The van der Waals surface area contributed by atoms with Gasteiger partial charge in [-0.2, -0.15) is 4.39 Å². The molecular weight excluding hydrogens is 338 g/mol. The highest BCUT2D eigenvalue weighted by atomic mass is 19.2. The van der Waals surface area contributed by atoms with Gasteiger partial charge in [-0.25, -0.2) is 9.18 Å². The van der Waals surface area contributed by atoms with E-state index in [1.165, 1.54) is 24.3 Å². The van der Waals surface area contributed by atoms with Crippen LogP contribution in [0.15, 0.2) is 36.4 Å². The van der Waals surface area contributed by atoms with Crippen LogP contribution < -0.4 is 9.47 Å². The standard InChI is InChI=1S/C21H24F2O3/c1-3-5-6-7-15-10-13-18(20(23)19(15)22)26-21(24)16-8-11-17(12-9-16)25-14-4-2/h8-13H,3-7,14H2,1-2H3. The molecule has 0 saturated heterocycles. The topological polar surface area (TPSA) is 35.5 Å². The van der Waals surface area contributed by atoms with Crippen LogP contribution in [0.3, 0.4) is 0 Å². The van der Waals surface area contributed by atoms with Crippen LogP contribution in [-0.2, 0) is 6.42 Å². The average Bonchev–Trinajstić information content (AvgIpc) is 2.66. The van der Waals surface area contributed by atoms with Gasteiger partial charge in [-0.1, -0.05) is 32.8 Å². The highest BCUT2D eigenvalue weighted by Crippen LogP contribution is 2.25. The van der Waals surface area contributed by atoms with E-state index in [0.29, 0.717) is 24.3 Å². The number of carbonyl (C=O) groups is 1. The minimum Gasteiger partial charge on any atom is -0.494 e. The second-order valence-electron chi connectivity index (χ2n) is 6.07. The van der Waals surface area contributed by atoms with E-state index in [2.05, 4.69) is 0 Å². The fourth-order valence-corrected chi connectivity index (χ4v) is 2.48. The Morgan fingerprint density at radius 3 is 2.31 bits per heavy atom. The zero-order valence-corrected chi connectivity index (χ0v) is 15.2. The predicted octanol–water partition coefficient (Wildman–Crippen LogP) is 5.71. The Kier molecular flexibility index (Phi) is 7.57. The molecule has 5 heteroatoms. The molecule has 0 atom stereocenters. The molecular formula is C21H24F2O3. The van der Waals surface area contributed by atoms with Gasteiger partial charge >= 0.3 is 5.97 Å². The smallest absolute Gasteiger partial charge is 0.343 e. The van der Waals surface area contributed by atoms with E-state index in [9.17, 15) is 13.6 Å². The lowest BCUT2D eigenvalue weighted by molar-refractivity contribution is 0.0726. The van der Waals surface area contributed by atoms with Crippen LogP contribution in [0.4, 0.5) is 8.78 Å². The summed E-state index contributed by atoms with van der Waals surface area (Å²) >= 11 is 0. The van der Waals surface area contributed by atoms with Gasteiger partial charge in [-0.3, -0.25) is 0 Å². The highest BCUT2D eigenvalue weighted by molar-refractivity contribution is 5.91. The van der Waals surface area contributed by atoms with Crippen molar-refractivity contribution in [2.45, 2.75) is 46.0 Å². The van der Waals surface area contributed by atoms with E-state index >= 15 is 0 Å². The van der Waals surface area contributed by atoms with E-state index in [-0.39, 0.29) is 5.56 Å². The third-order valence-corrected chi connectivity index (χ3v) is 3.94. The molecule has 0 fully saturated rings. The van der Waals surface area contributed by atoms with E-state index < -0.39 is 23.4 Å². The van der Waals surface area contributed by atoms with Crippen molar-refractivity contribution >= 4 is 5.97 Å². The van der Waals surface area contributed by atoms with Gasteiger partial charge in [-0.05, 0) is 55.2 Å². The summed E-state index contributed by atoms with van der Waals surface area (Å²) < 4.78 is 38.8. The van der Waals surface area contributed by atoms with Crippen molar-refractivity contribution in [3.8, 4) is 11.5 Å². The van der Waals surface area contributed by atoms with Gasteiger partial charge in [0.15, 0.2) is 11.6 Å². The molecule has 2 aromatic carbocycles. The maximum atomic E-state index is 14.2. The van der Waals surface area contributed by atoms with E-state index in [1.54, 1.807) is 12.1 Å². The maximum Gasteiger partial charge on any atom is 0.343 e. The van der Waals surface area contributed by atoms with Crippen LogP contribution in [-0.4, -0.2) is 12.6 Å². The molecule has 140 valence electrons. The molecule has 3 nitrogen and oxygen atoms in total. The van der Waals surface area contributed by atoms with Crippen LogP contribution in [0.2, 0.25) is 0 Å². The Hall–Kier alpha value is -2.43. The predicted molar refractivity (Wildman–Crippen MR) is 96.8 cm³/mol. The van der Waals surface area contributed by atoms with Crippen molar-refractivity contribution < 1.29 is 23.0 Å². The van der Waals surface area contributed by atoms with Gasteiger partial charge in [-0.15, -0.1) is 0 Å². The van der Waals surface area contributed by atoms with Crippen LogP contribution in [0.1, 0.15) is 55.5 Å². The number of unbranched alkanes of at least 4 members (excludes halogenated alkanes) is 2. The largest absolute Gasteiger partial charge is 0.494 e. The number of ether oxygens (including phenoxy) is 2. The molecule has 0 N–H and O–H groups in total. The van der Waals surface area contributed by atoms with Crippen LogP contribution in [0.5, 0.6) is 11.5 Å². The number of halogens is 2. The molecule has 0 saturated carbocycles. The van der Waals surface area contributed by atoms with E-state index in [1.807, 2.05) is 13.8 Å². The average molecular weight is 362 g/mol. The first-order valence-corrected chi connectivity index (χ1v) is 8.98. The van der Waals surface area contributed by atoms with Gasteiger partial charge in [0.25, 0.3) is 0 Å². The number of carbonyl (C=O) groups excluding carboxylic acids is 1. The molecule has 26 heavy (non-hydrogen) atoms. The summed E-state index contributed by atoms with van der Waals surface area (Å²) in [6.45, 7) is 4.62. The normalized spacial score (nSPS) is 10.6. The summed E-state index contributed by atoms with van der Waals surface area (Å²) in [5.74, 6) is -2.59. The van der Waals surface area contributed by atoms with Gasteiger partial charge in [0.1, 0.15) is 5.75 Å². The Morgan fingerprint density at radius 1 is 0.923 bits per heavy atom. The van der Waals surface area contributed by atoms with Crippen molar-refractivity contribution in [3.63, 3.8) is 0 Å². The fraction of sp³-hybridized carbons (Fsp3) is 0.381. The lowest BCUT2D eigenvalue weighted by Gasteiger charge is -2.10. The van der Waals surface area contributed by atoms with Gasteiger partial charge < -0.3 is 9.47 Å². The Balaban J connectivity index is 2.05. The molecule has 0 unspecified atom stereocenters. The maximum absolute atomic E-state index is 14.2. The minimum absolute atomic E-state index is 0.237. The molecule has 0 aliphatic heterocycles. The van der Waals surface area contributed by atoms with Crippen molar-refractivity contribution in [1.82, 2.24) is 0 Å². The van der Waals surface area contributed by atoms with E-state index in [4.69, 9.17) is 9.47 Å². The SMILES string of the molecule is CCCCCc1ccc(OC(=O)c2ccc(OCCC)cc2)c(F)c1F. The molecule has 2 rings (SSSR count). The second kappa shape index (κ2) is 9.90. The highest BCUT2D eigenvalue weighted by Gasteiger charge is 2.18. The van der Waals surface area contributed by atoms with Gasteiger partial charge in [0.05, 0.1) is 12.2 Å². The van der Waals surface area contributed by atoms with Crippen LogP contribution in [0.25, 0.3) is 0 Å². The van der Waals surface area contributed by atoms with Crippen molar-refractivity contribution in [2.24, 2.45) is 0 Å². The van der Waals surface area contributed by atoms with Crippen LogP contribution in [0, 0.1) is 11.6 Å². The molecule has 0 amide bonds. The molecule has 0 heterocycles. The molecule has 0 radical (unpaired) electrons. The zero-order valence-electron chi connectivity index (χ0n) is 15.2. The number of hydrogen-bond donors (Lipinski definition) is 0. The summed E-state index contributed by atoms with van der Waals surface area (Å²) in [6, 6.07) is 9.11. The van der Waals surface area contributed by atoms with Crippen molar-refractivity contribution in [2.75, 3.05) is 6.61 Å². The monoisotopic (exact) mass is 362 g/mol. The molecule has 0 aromatic heterocycles. The first-order valence-electron chi connectivity index (χ1n) is 8.98. The summed E-state index contributed by atoms with van der Waals surface area (Å²) in [5, 5.41) is 0. The lowest BCUT2D eigenvalue weighted by atomic mass is 10.1. The number of hydrogen-bond acceptors (Lipinski definition) is 3. The number of rotatable bonds is 9. The zero-order chi connectivity index (χ0) is 18.9. The first-order chi connectivity index (χ1) is 12.6. The van der Waals surface area contributed by atoms with Gasteiger partial charge in [0, 0.05) is 0 Å². The summed E-state index contributed by atoms with van der Waals surface area (Å²) in [4.78, 5) is 12.1. The minimum atomic E-state index is -1.13. The third-order valence-electron chi connectivity index (χ3n) is 3.94. The lowest BCUT2D eigenvalue weighted by Crippen LogP contribution is -2.10. The summed E-state index contributed by atoms with van der Waals surface area (Å²) in [6.07, 6.45) is 4.09. The Labute approximate surface area is 152 Å². The fourth-order valence-electron chi connectivity index (χ4n) is 2.48.